The third-order valence-electron chi connectivity index (χ3n) is 4.74. The molecule has 1 atom stereocenters. The highest BCUT2D eigenvalue weighted by atomic mass is 16.2. The van der Waals surface area contributed by atoms with Crippen LogP contribution in [0.2, 0.25) is 0 Å². The van der Waals surface area contributed by atoms with Crippen LogP contribution >= 0.6 is 0 Å². The number of rotatable bonds is 7. The van der Waals surface area contributed by atoms with Gasteiger partial charge in [-0.3, -0.25) is 9.59 Å². The number of nitrogens with one attached hydrogen (secondary N) is 2. The van der Waals surface area contributed by atoms with Gasteiger partial charge in [0.1, 0.15) is 0 Å². The van der Waals surface area contributed by atoms with Crippen LogP contribution in [0.15, 0.2) is 24.3 Å². The van der Waals surface area contributed by atoms with Crippen LogP contribution in [0, 0.1) is 6.92 Å². The second-order valence-corrected chi connectivity index (χ2v) is 7.05. The number of aryl methyl sites for hydroxylation is 1. The van der Waals surface area contributed by atoms with Crippen molar-refractivity contribution in [3.05, 3.63) is 35.4 Å². The van der Waals surface area contributed by atoms with Crippen LogP contribution in [0.25, 0.3) is 0 Å². The van der Waals surface area contributed by atoms with Crippen LogP contribution in [-0.4, -0.2) is 42.4 Å². The number of hydrogen-bond acceptors (Lipinski definition) is 3. The SMILES string of the molecule is CCCN1CCC(NC(=O)CC(NC(C)=O)c2ccc(C)cc2)CC1. The lowest BCUT2D eigenvalue weighted by atomic mass is 10.0. The summed E-state index contributed by atoms with van der Waals surface area (Å²) in [5, 5.41) is 6.05. The molecular formula is C20H31N3O2. The van der Waals surface area contributed by atoms with Crippen molar-refractivity contribution >= 4 is 11.8 Å². The predicted molar refractivity (Wildman–Crippen MR) is 100 cm³/mol. The maximum Gasteiger partial charge on any atom is 0.222 e. The molecule has 2 N–H and O–H groups in total. The van der Waals surface area contributed by atoms with Crippen molar-refractivity contribution in [3.63, 3.8) is 0 Å². The van der Waals surface area contributed by atoms with Crippen molar-refractivity contribution in [2.45, 2.75) is 58.5 Å². The smallest absolute Gasteiger partial charge is 0.222 e. The minimum atomic E-state index is -0.279. The Morgan fingerprint density at radius 1 is 1.20 bits per heavy atom. The van der Waals surface area contributed by atoms with E-state index in [4.69, 9.17) is 0 Å². The van der Waals surface area contributed by atoms with E-state index in [2.05, 4.69) is 22.5 Å². The van der Waals surface area contributed by atoms with E-state index < -0.39 is 0 Å². The molecule has 0 bridgehead atoms. The van der Waals surface area contributed by atoms with Gasteiger partial charge in [0, 0.05) is 26.1 Å². The van der Waals surface area contributed by atoms with Crippen LogP contribution < -0.4 is 10.6 Å². The number of hydrogen-bond donors (Lipinski definition) is 2. The Kier molecular flexibility index (Phi) is 7.44. The Hall–Kier alpha value is -1.88. The van der Waals surface area contributed by atoms with Crippen LogP contribution in [-0.2, 0) is 9.59 Å². The fourth-order valence-electron chi connectivity index (χ4n) is 3.39. The van der Waals surface area contributed by atoms with E-state index in [9.17, 15) is 9.59 Å². The van der Waals surface area contributed by atoms with Crippen molar-refractivity contribution in [2.24, 2.45) is 0 Å². The molecule has 25 heavy (non-hydrogen) atoms. The van der Waals surface area contributed by atoms with Crippen molar-refractivity contribution in [1.82, 2.24) is 15.5 Å². The number of likely N-dealkylation sites (tertiary alicyclic amines) is 1. The van der Waals surface area contributed by atoms with Gasteiger partial charge >= 0.3 is 0 Å². The number of piperidine rings is 1. The summed E-state index contributed by atoms with van der Waals surface area (Å²) in [5.41, 5.74) is 2.13. The summed E-state index contributed by atoms with van der Waals surface area (Å²) in [7, 11) is 0. The molecule has 2 rings (SSSR count). The summed E-state index contributed by atoms with van der Waals surface area (Å²) in [4.78, 5) is 26.4. The van der Waals surface area contributed by atoms with Gasteiger partial charge in [0.05, 0.1) is 12.5 Å². The first kappa shape index (κ1) is 19.4. The molecule has 0 spiro atoms. The van der Waals surface area contributed by atoms with Crippen LogP contribution in [0.4, 0.5) is 0 Å². The highest BCUT2D eigenvalue weighted by Gasteiger charge is 2.22. The summed E-state index contributed by atoms with van der Waals surface area (Å²) >= 11 is 0. The molecule has 1 aromatic rings. The highest BCUT2D eigenvalue weighted by molar-refractivity contribution is 5.79. The molecule has 1 heterocycles. The topological polar surface area (TPSA) is 61.4 Å². The average molecular weight is 345 g/mol. The Morgan fingerprint density at radius 2 is 1.84 bits per heavy atom. The number of amides is 2. The van der Waals surface area contributed by atoms with Crippen molar-refractivity contribution in [2.75, 3.05) is 19.6 Å². The van der Waals surface area contributed by atoms with Gasteiger partial charge in [-0.1, -0.05) is 36.8 Å². The van der Waals surface area contributed by atoms with Crippen molar-refractivity contribution < 1.29 is 9.59 Å². The van der Waals surface area contributed by atoms with E-state index in [1.165, 1.54) is 13.3 Å². The summed E-state index contributed by atoms with van der Waals surface area (Å²) < 4.78 is 0. The fraction of sp³-hybridized carbons (Fsp3) is 0.600. The Bertz CT molecular complexity index is 563. The summed E-state index contributed by atoms with van der Waals surface area (Å²) in [5.74, 6) is -0.112. The summed E-state index contributed by atoms with van der Waals surface area (Å²) in [6.45, 7) is 8.94. The minimum absolute atomic E-state index is 0.00765. The molecule has 0 aromatic heterocycles. The molecule has 1 fully saturated rings. The van der Waals surface area contributed by atoms with E-state index >= 15 is 0 Å². The lowest BCUT2D eigenvalue weighted by Gasteiger charge is -2.32. The summed E-state index contributed by atoms with van der Waals surface area (Å²) in [6.07, 6.45) is 3.45. The van der Waals surface area contributed by atoms with Gasteiger partial charge in [-0.2, -0.15) is 0 Å². The molecule has 1 aliphatic heterocycles. The maximum absolute atomic E-state index is 12.5. The summed E-state index contributed by atoms with van der Waals surface area (Å²) in [6, 6.07) is 7.94. The third-order valence-corrected chi connectivity index (χ3v) is 4.74. The standard InChI is InChI=1S/C20H31N3O2/c1-4-11-23-12-9-18(10-13-23)22-20(25)14-19(21-16(3)24)17-7-5-15(2)6-8-17/h5-8,18-19H,4,9-14H2,1-3H3,(H,21,24)(H,22,25). The molecular weight excluding hydrogens is 314 g/mol. The lowest BCUT2D eigenvalue weighted by molar-refractivity contribution is -0.123. The van der Waals surface area contributed by atoms with Gasteiger partial charge < -0.3 is 15.5 Å². The molecule has 138 valence electrons. The molecule has 2 amide bonds. The monoisotopic (exact) mass is 345 g/mol. The third kappa shape index (κ3) is 6.50. The van der Waals surface area contributed by atoms with Gasteiger partial charge in [-0.15, -0.1) is 0 Å². The molecule has 0 radical (unpaired) electrons. The van der Waals surface area contributed by atoms with Gasteiger partial charge in [-0.25, -0.2) is 0 Å². The number of benzene rings is 1. The van der Waals surface area contributed by atoms with Gasteiger partial charge in [0.2, 0.25) is 11.8 Å². The zero-order valence-corrected chi connectivity index (χ0v) is 15.7. The largest absolute Gasteiger partial charge is 0.353 e. The van der Waals surface area contributed by atoms with Gasteiger partial charge in [-0.05, 0) is 38.3 Å². The van der Waals surface area contributed by atoms with Crippen LogP contribution in [0.3, 0.4) is 0 Å². The number of carbonyl (C=O) groups excluding carboxylic acids is 2. The lowest BCUT2D eigenvalue weighted by Crippen LogP contribution is -2.45. The second kappa shape index (κ2) is 9.56. The van der Waals surface area contributed by atoms with E-state index in [1.807, 2.05) is 31.2 Å². The van der Waals surface area contributed by atoms with E-state index in [1.54, 1.807) is 0 Å². The van der Waals surface area contributed by atoms with Crippen molar-refractivity contribution in [1.29, 1.82) is 0 Å². The van der Waals surface area contributed by atoms with E-state index in [0.717, 1.165) is 43.6 Å². The molecule has 0 saturated carbocycles. The van der Waals surface area contributed by atoms with E-state index in [-0.39, 0.29) is 30.3 Å². The Labute approximate surface area is 151 Å². The molecule has 5 nitrogen and oxygen atoms in total. The average Bonchev–Trinajstić information content (AvgIpc) is 2.56. The Morgan fingerprint density at radius 3 is 2.40 bits per heavy atom. The predicted octanol–water partition coefficient (Wildman–Crippen LogP) is 2.55. The first-order valence-corrected chi connectivity index (χ1v) is 9.33. The first-order valence-electron chi connectivity index (χ1n) is 9.33. The highest BCUT2D eigenvalue weighted by Crippen LogP contribution is 2.18. The Balaban J connectivity index is 1.89. The van der Waals surface area contributed by atoms with E-state index in [0.29, 0.717) is 0 Å². The molecule has 0 aliphatic carbocycles. The van der Waals surface area contributed by atoms with Crippen LogP contribution in [0.5, 0.6) is 0 Å². The quantitative estimate of drug-likeness (QED) is 0.798. The molecule has 5 heteroatoms. The normalized spacial score (nSPS) is 17.1. The molecule has 1 aromatic carbocycles. The minimum Gasteiger partial charge on any atom is -0.353 e. The first-order chi connectivity index (χ1) is 12.0. The second-order valence-electron chi connectivity index (χ2n) is 7.05. The number of nitrogens with zero attached hydrogens (tertiary/aromatic N) is 1. The zero-order chi connectivity index (χ0) is 18.2. The molecule has 1 unspecified atom stereocenters. The number of carbonyl (C=O) groups is 2. The molecule has 1 saturated heterocycles. The van der Waals surface area contributed by atoms with Crippen LogP contribution in [0.1, 0.15) is 56.7 Å². The van der Waals surface area contributed by atoms with Gasteiger partial charge in [0.15, 0.2) is 0 Å². The molecule has 1 aliphatic rings. The fourth-order valence-corrected chi connectivity index (χ4v) is 3.39. The maximum atomic E-state index is 12.5. The van der Waals surface area contributed by atoms with Gasteiger partial charge in [0.25, 0.3) is 0 Å². The van der Waals surface area contributed by atoms with Crippen molar-refractivity contribution in [3.8, 4) is 0 Å². The zero-order valence-electron chi connectivity index (χ0n) is 15.7.